The van der Waals surface area contributed by atoms with Gasteiger partial charge in [-0.15, -0.1) is 0 Å². The van der Waals surface area contributed by atoms with Crippen LogP contribution in [0.1, 0.15) is 24.4 Å². The number of nitrogens with zero attached hydrogens (tertiary/aromatic N) is 1. The lowest BCUT2D eigenvalue weighted by atomic mass is 10.0. The van der Waals surface area contributed by atoms with Crippen molar-refractivity contribution in [1.82, 2.24) is 9.62 Å². The molecule has 8 heteroatoms. The predicted molar refractivity (Wildman–Crippen MR) is 106 cm³/mol. The number of sulfonamides is 1. The van der Waals surface area contributed by atoms with Crippen LogP contribution in [0.4, 0.5) is 4.39 Å². The molecule has 0 radical (unpaired) electrons. The highest BCUT2D eigenvalue weighted by Crippen LogP contribution is 2.21. The number of nitrogens with one attached hydrogen (secondary N) is 2. The summed E-state index contributed by atoms with van der Waals surface area (Å²) in [5.41, 5.74) is 0.940. The molecular formula is C21H25FN3O3S+. The van der Waals surface area contributed by atoms with E-state index in [2.05, 4.69) is 5.32 Å². The lowest BCUT2D eigenvalue weighted by Crippen LogP contribution is -3.16. The summed E-state index contributed by atoms with van der Waals surface area (Å²) in [6.45, 7) is 1.68. The van der Waals surface area contributed by atoms with Crippen LogP contribution in [0.5, 0.6) is 0 Å². The standard InChI is InChI=1S/C21H24FN3O3S/c22-17-6-10-19(11-7-17)29(27,28)25-14-12-24(13-15-25)20(16-4-2-1-3-5-16)21(26)23-18-8-9-18/h1-7,10-11,18,20H,8-9,12-15H2,(H,23,26)/p+1/t20-/m1/s1. The average molecular weight is 419 g/mol. The van der Waals surface area contributed by atoms with E-state index in [4.69, 9.17) is 0 Å². The maximum Gasteiger partial charge on any atom is 0.283 e. The number of amides is 1. The number of halogens is 1. The SMILES string of the molecule is O=C(NC1CC1)[C@@H](c1ccccc1)[NH+]1CCN(S(=O)(=O)c2ccc(F)cc2)CC1. The Bertz CT molecular complexity index is 954. The number of carbonyl (C=O) groups is 1. The van der Waals surface area contributed by atoms with Crippen LogP contribution < -0.4 is 10.2 Å². The Balaban J connectivity index is 1.48. The highest BCUT2D eigenvalue weighted by atomic mass is 32.2. The molecule has 2 aromatic rings. The molecule has 2 fully saturated rings. The highest BCUT2D eigenvalue weighted by Gasteiger charge is 2.39. The summed E-state index contributed by atoms with van der Waals surface area (Å²) >= 11 is 0. The average Bonchev–Trinajstić information content (AvgIpc) is 3.54. The van der Waals surface area contributed by atoms with E-state index in [-0.39, 0.29) is 22.9 Å². The molecule has 4 rings (SSSR count). The molecule has 2 aromatic carbocycles. The second-order valence-corrected chi connectivity index (χ2v) is 9.58. The lowest BCUT2D eigenvalue weighted by Gasteiger charge is -2.35. The van der Waals surface area contributed by atoms with Gasteiger partial charge >= 0.3 is 0 Å². The Morgan fingerprint density at radius 2 is 1.66 bits per heavy atom. The Morgan fingerprint density at radius 1 is 1.03 bits per heavy atom. The van der Waals surface area contributed by atoms with Crippen molar-refractivity contribution in [3.8, 4) is 0 Å². The second-order valence-electron chi connectivity index (χ2n) is 7.64. The number of quaternary nitrogens is 1. The molecule has 0 aromatic heterocycles. The first-order chi connectivity index (χ1) is 13.9. The van der Waals surface area contributed by atoms with E-state index >= 15 is 0 Å². The molecular weight excluding hydrogens is 393 g/mol. The van der Waals surface area contributed by atoms with Crippen LogP contribution in [0.25, 0.3) is 0 Å². The van der Waals surface area contributed by atoms with Gasteiger partial charge in [-0.05, 0) is 37.1 Å². The van der Waals surface area contributed by atoms with Crippen molar-refractivity contribution in [2.24, 2.45) is 0 Å². The molecule has 2 N–H and O–H groups in total. The number of rotatable bonds is 6. The van der Waals surface area contributed by atoms with Gasteiger partial charge in [-0.1, -0.05) is 30.3 Å². The Hall–Kier alpha value is -2.29. The molecule has 1 aliphatic carbocycles. The number of piperazine rings is 1. The van der Waals surface area contributed by atoms with Crippen LogP contribution in [0.2, 0.25) is 0 Å². The number of hydrogen-bond donors (Lipinski definition) is 2. The molecule has 0 spiro atoms. The van der Waals surface area contributed by atoms with Gasteiger partial charge < -0.3 is 10.2 Å². The molecule has 0 unspecified atom stereocenters. The van der Waals surface area contributed by atoms with Gasteiger partial charge in [-0.3, -0.25) is 4.79 Å². The minimum atomic E-state index is -3.67. The Morgan fingerprint density at radius 3 is 2.24 bits per heavy atom. The van der Waals surface area contributed by atoms with E-state index in [1.807, 2.05) is 30.3 Å². The van der Waals surface area contributed by atoms with Crippen LogP contribution in [-0.2, 0) is 14.8 Å². The number of carbonyl (C=O) groups excluding carboxylic acids is 1. The topological polar surface area (TPSA) is 70.9 Å². The van der Waals surface area contributed by atoms with Gasteiger partial charge in [-0.25, -0.2) is 12.8 Å². The predicted octanol–water partition coefficient (Wildman–Crippen LogP) is 0.735. The van der Waals surface area contributed by atoms with Gasteiger partial charge in [-0.2, -0.15) is 4.31 Å². The summed E-state index contributed by atoms with van der Waals surface area (Å²) < 4.78 is 40.3. The monoisotopic (exact) mass is 418 g/mol. The molecule has 1 amide bonds. The quantitative estimate of drug-likeness (QED) is 0.727. The fraction of sp³-hybridized carbons (Fsp3) is 0.381. The fourth-order valence-electron chi connectivity index (χ4n) is 3.79. The maximum absolute atomic E-state index is 13.1. The van der Waals surface area contributed by atoms with Crippen LogP contribution in [0.3, 0.4) is 0 Å². The zero-order chi connectivity index (χ0) is 20.4. The molecule has 29 heavy (non-hydrogen) atoms. The summed E-state index contributed by atoms with van der Waals surface area (Å²) in [5, 5.41) is 3.10. The van der Waals surface area contributed by atoms with Crippen LogP contribution in [0.15, 0.2) is 59.5 Å². The Kier molecular flexibility index (Phi) is 5.67. The van der Waals surface area contributed by atoms with Crippen LogP contribution in [-0.4, -0.2) is 50.9 Å². The van der Waals surface area contributed by atoms with E-state index < -0.39 is 15.8 Å². The minimum absolute atomic E-state index is 0.00328. The van der Waals surface area contributed by atoms with Gasteiger partial charge in [0.05, 0.1) is 31.1 Å². The molecule has 6 nitrogen and oxygen atoms in total. The van der Waals surface area contributed by atoms with Crippen molar-refractivity contribution in [3.05, 3.63) is 66.0 Å². The van der Waals surface area contributed by atoms with Crippen molar-refractivity contribution in [1.29, 1.82) is 0 Å². The van der Waals surface area contributed by atoms with Gasteiger partial charge in [0.2, 0.25) is 10.0 Å². The molecule has 1 aliphatic heterocycles. The van der Waals surface area contributed by atoms with Crippen molar-refractivity contribution >= 4 is 15.9 Å². The van der Waals surface area contributed by atoms with E-state index in [0.717, 1.165) is 35.4 Å². The number of benzene rings is 2. The third-order valence-corrected chi connectivity index (χ3v) is 7.46. The normalized spacial score (nSPS) is 19.6. The van der Waals surface area contributed by atoms with Gasteiger partial charge in [0.25, 0.3) is 5.91 Å². The van der Waals surface area contributed by atoms with Gasteiger partial charge in [0.1, 0.15) is 5.82 Å². The van der Waals surface area contributed by atoms with Crippen molar-refractivity contribution in [2.45, 2.75) is 29.8 Å². The summed E-state index contributed by atoms with van der Waals surface area (Å²) in [7, 11) is -3.67. The first-order valence-corrected chi connectivity index (χ1v) is 11.3. The Labute approximate surface area is 170 Å². The molecule has 1 heterocycles. The zero-order valence-corrected chi connectivity index (χ0v) is 16.9. The molecule has 1 atom stereocenters. The smallest absolute Gasteiger partial charge is 0.283 e. The van der Waals surface area contributed by atoms with E-state index in [1.54, 1.807) is 0 Å². The maximum atomic E-state index is 13.1. The first kappa shape index (κ1) is 20.0. The first-order valence-electron chi connectivity index (χ1n) is 9.91. The minimum Gasteiger partial charge on any atom is -0.348 e. The molecule has 1 saturated heterocycles. The molecule has 0 bridgehead atoms. The zero-order valence-electron chi connectivity index (χ0n) is 16.1. The van der Waals surface area contributed by atoms with Gasteiger partial charge in [0, 0.05) is 11.6 Å². The second kappa shape index (κ2) is 8.22. The van der Waals surface area contributed by atoms with E-state index in [1.165, 1.54) is 16.4 Å². The van der Waals surface area contributed by atoms with Gasteiger partial charge in [0.15, 0.2) is 6.04 Å². The summed E-state index contributed by atoms with van der Waals surface area (Å²) in [6, 6.07) is 14.5. The van der Waals surface area contributed by atoms with Crippen molar-refractivity contribution < 1.29 is 22.5 Å². The van der Waals surface area contributed by atoms with Crippen LogP contribution >= 0.6 is 0 Å². The van der Waals surface area contributed by atoms with Crippen molar-refractivity contribution in [3.63, 3.8) is 0 Å². The summed E-state index contributed by atoms with van der Waals surface area (Å²) in [4.78, 5) is 14.1. The fourth-order valence-corrected chi connectivity index (χ4v) is 5.23. The largest absolute Gasteiger partial charge is 0.348 e. The summed E-state index contributed by atoms with van der Waals surface area (Å²) in [6.07, 6.45) is 2.04. The highest BCUT2D eigenvalue weighted by molar-refractivity contribution is 7.89. The molecule has 154 valence electrons. The molecule has 2 aliphatic rings. The third-order valence-electron chi connectivity index (χ3n) is 5.54. The van der Waals surface area contributed by atoms with E-state index in [0.29, 0.717) is 26.2 Å². The summed E-state index contributed by atoms with van der Waals surface area (Å²) in [5.74, 6) is -0.464. The van der Waals surface area contributed by atoms with Crippen molar-refractivity contribution in [2.75, 3.05) is 26.2 Å². The van der Waals surface area contributed by atoms with Crippen LogP contribution in [0, 0.1) is 5.82 Å². The molecule has 1 saturated carbocycles. The van der Waals surface area contributed by atoms with E-state index in [9.17, 15) is 17.6 Å². The number of hydrogen-bond acceptors (Lipinski definition) is 3. The third kappa shape index (κ3) is 4.49. The lowest BCUT2D eigenvalue weighted by molar-refractivity contribution is -0.925.